The zero-order valence-electron chi connectivity index (χ0n) is 15.0. The molecule has 0 saturated carbocycles. The highest BCUT2D eigenvalue weighted by atomic mass is 16.5. The molecule has 0 amide bonds. The van der Waals surface area contributed by atoms with Gasteiger partial charge in [0.1, 0.15) is 0 Å². The van der Waals surface area contributed by atoms with E-state index in [9.17, 15) is 0 Å². The predicted octanol–water partition coefficient (Wildman–Crippen LogP) is 0.538. The average molecular weight is 322 g/mol. The lowest BCUT2D eigenvalue weighted by atomic mass is 9.88. The van der Waals surface area contributed by atoms with E-state index in [1.54, 1.807) is 0 Å². The SMILES string of the molecule is CN=C(NCC1(N(C)C)CCOCC1)N(C)Cc1cnn(C)c1. The summed E-state index contributed by atoms with van der Waals surface area (Å²) in [7, 11) is 10.1. The molecule has 0 unspecified atom stereocenters. The number of aryl methyl sites for hydroxylation is 1. The molecule has 7 heteroatoms. The van der Waals surface area contributed by atoms with Crippen molar-refractivity contribution < 1.29 is 4.74 Å². The summed E-state index contributed by atoms with van der Waals surface area (Å²) >= 11 is 0. The number of likely N-dealkylation sites (N-methyl/N-ethyl adjacent to an activating group) is 1. The van der Waals surface area contributed by atoms with Crippen molar-refractivity contribution in [3.8, 4) is 0 Å². The molecule has 0 aliphatic carbocycles. The van der Waals surface area contributed by atoms with Crippen LogP contribution in [0.2, 0.25) is 0 Å². The van der Waals surface area contributed by atoms with E-state index in [-0.39, 0.29) is 5.54 Å². The minimum atomic E-state index is 0.128. The summed E-state index contributed by atoms with van der Waals surface area (Å²) in [4.78, 5) is 8.86. The van der Waals surface area contributed by atoms with Crippen LogP contribution in [0.5, 0.6) is 0 Å². The Morgan fingerprint density at radius 3 is 2.61 bits per heavy atom. The molecule has 1 aliphatic heterocycles. The number of ether oxygens (including phenoxy) is 1. The molecule has 2 rings (SSSR count). The van der Waals surface area contributed by atoms with Gasteiger partial charge in [-0.3, -0.25) is 9.67 Å². The van der Waals surface area contributed by atoms with Crippen LogP contribution in [0.1, 0.15) is 18.4 Å². The Bertz CT molecular complexity index is 518. The number of aliphatic imine (C=N–C) groups is 1. The molecular formula is C16H30N6O. The van der Waals surface area contributed by atoms with Crippen LogP contribution in [0.25, 0.3) is 0 Å². The van der Waals surface area contributed by atoms with Gasteiger partial charge in [0.2, 0.25) is 0 Å². The van der Waals surface area contributed by atoms with Crippen LogP contribution in [0.15, 0.2) is 17.4 Å². The van der Waals surface area contributed by atoms with Gasteiger partial charge in [0.05, 0.1) is 6.20 Å². The Morgan fingerprint density at radius 1 is 1.39 bits per heavy atom. The summed E-state index contributed by atoms with van der Waals surface area (Å²) in [6.45, 7) is 3.30. The van der Waals surface area contributed by atoms with Gasteiger partial charge in [-0.05, 0) is 26.9 Å². The third-order valence-electron chi connectivity index (χ3n) is 4.70. The maximum atomic E-state index is 5.53. The molecule has 1 aromatic heterocycles. The molecular weight excluding hydrogens is 292 g/mol. The largest absolute Gasteiger partial charge is 0.381 e. The molecule has 0 atom stereocenters. The van der Waals surface area contributed by atoms with Gasteiger partial charge >= 0.3 is 0 Å². The third kappa shape index (κ3) is 4.45. The molecule has 23 heavy (non-hydrogen) atoms. The fourth-order valence-corrected chi connectivity index (χ4v) is 3.06. The molecule has 0 spiro atoms. The van der Waals surface area contributed by atoms with Gasteiger partial charge in [-0.1, -0.05) is 0 Å². The van der Waals surface area contributed by atoms with Crippen molar-refractivity contribution in [3.63, 3.8) is 0 Å². The van der Waals surface area contributed by atoms with E-state index in [2.05, 4.69) is 46.4 Å². The lowest BCUT2D eigenvalue weighted by molar-refractivity contribution is -0.00522. The molecule has 2 heterocycles. The molecule has 7 nitrogen and oxygen atoms in total. The quantitative estimate of drug-likeness (QED) is 0.633. The summed E-state index contributed by atoms with van der Waals surface area (Å²) in [6, 6.07) is 0. The Hall–Kier alpha value is -1.60. The summed E-state index contributed by atoms with van der Waals surface area (Å²) in [6.07, 6.45) is 6.00. The molecule has 1 fully saturated rings. The molecule has 1 aromatic rings. The van der Waals surface area contributed by atoms with Gasteiger partial charge in [0.15, 0.2) is 5.96 Å². The van der Waals surface area contributed by atoms with Crippen molar-refractivity contribution >= 4 is 5.96 Å². The van der Waals surface area contributed by atoms with Crippen molar-refractivity contribution in [1.29, 1.82) is 0 Å². The van der Waals surface area contributed by atoms with E-state index in [4.69, 9.17) is 4.74 Å². The number of rotatable bonds is 5. The van der Waals surface area contributed by atoms with Crippen LogP contribution in [-0.2, 0) is 18.3 Å². The molecule has 0 aromatic carbocycles. The second-order valence-corrected chi connectivity index (χ2v) is 6.51. The number of aromatic nitrogens is 2. The molecule has 1 aliphatic rings. The standard InChI is InChI=1S/C16H30N6O/c1-17-15(21(4)11-14-10-19-22(5)12-14)18-13-16(20(2)3)6-8-23-9-7-16/h10,12H,6-9,11,13H2,1-5H3,(H,17,18). The van der Waals surface area contributed by atoms with Crippen LogP contribution in [0, 0.1) is 0 Å². The van der Waals surface area contributed by atoms with E-state index in [1.165, 1.54) is 5.56 Å². The number of guanidine groups is 1. The van der Waals surface area contributed by atoms with Gasteiger partial charge in [-0.25, -0.2) is 0 Å². The summed E-state index contributed by atoms with van der Waals surface area (Å²) in [5.41, 5.74) is 1.30. The normalized spacial score (nSPS) is 18.3. The molecule has 0 bridgehead atoms. The maximum Gasteiger partial charge on any atom is 0.193 e. The van der Waals surface area contributed by atoms with Crippen LogP contribution < -0.4 is 5.32 Å². The predicted molar refractivity (Wildman–Crippen MR) is 92.5 cm³/mol. The summed E-state index contributed by atoms with van der Waals surface area (Å²) in [5, 5.41) is 7.76. The van der Waals surface area contributed by atoms with Crippen molar-refractivity contribution in [2.75, 3.05) is 47.9 Å². The molecule has 0 radical (unpaired) electrons. The van der Waals surface area contributed by atoms with E-state index in [1.807, 2.05) is 31.2 Å². The van der Waals surface area contributed by atoms with E-state index in [0.29, 0.717) is 0 Å². The topological polar surface area (TPSA) is 57.9 Å². The Morgan fingerprint density at radius 2 is 2.09 bits per heavy atom. The highest BCUT2D eigenvalue weighted by molar-refractivity contribution is 5.79. The minimum absolute atomic E-state index is 0.128. The Kier molecular flexibility index (Phi) is 6.01. The fraction of sp³-hybridized carbons (Fsp3) is 0.750. The van der Waals surface area contributed by atoms with Gasteiger partial charge in [-0.15, -0.1) is 0 Å². The van der Waals surface area contributed by atoms with E-state index in [0.717, 1.165) is 45.1 Å². The van der Waals surface area contributed by atoms with Crippen molar-refractivity contribution in [1.82, 2.24) is 24.9 Å². The van der Waals surface area contributed by atoms with E-state index < -0.39 is 0 Å². The first-order valence-electron chi connectivity index (χ1n) is 8.11. The lowest BCUT2D eigenvalue weighted by Crippen LogP contribution is -2.57. The first-order chi connectivity index (χ1) is 11.0. The molecule has 130 valence electrons. The van der Waals surface area contributed by atoms with Crippen LogP contribution >= 0.6 is 0 Å². The van der Waals surface area contributed by atoms with Gasteiger partial charge in [0.25, 0.3) is 0 Å². The van der Waals surface area contributed by atoms with Crippen LogP contribution in [-0.4, -0.2) is 79.0 Å². The average Bonchev–Trinajstić information content (AvgIpc) is 2.93. The number of nitrogens with one attached hydrogen (secondary N) is 1. The Balaban J connectivity index is 1.95. The van der Waals surface area contributed by atoms with Crippen molar-refractivity contribution in [2.45, 2.75) is 24.9 Å². The second kappa shape index (κ2) is 7.79. The minimum Gasteiger partial charge on any atom is -0.381 e. The zero-order chi connectivity index (χ0) is 16.9. The van der Waals surface area contributed by atoms with Gasteiger partial charge in [0, 0.05) is 64.7 Å². The highest BCUT2D eigenvalue weighted by Crippen LogP contribution is 2.25. The van der Waals surface area contributed by atoms with Gasteiger partial charge in [-0.2, -0.15) is 5.10 Å². The van der Waals surface area contributed by atoms with E-state index >= 15 is 0 Å². The summed E-state index contributed by atoms with van der Waals surface area (Å²) < 4.78 is 7.35. The monoisotopic (exact) mass is 322 g/mol. The fourth-order valence-electron chi connectivity index (χ4n) is 3.06. The Labute approximate surface area is 139 Å². The number of nitrogens with zero attached hydrogens (tertiary/aromatic N) is 5. The van der Waals surface area contributed by atoms with Crippen molar-refractivity contribution in [2.24, 2.45) is 12.0 Å². The first kappa shape index (κ1) is 17.7. The first-order valence-corrected chi connectivity index (χ1v) is 8.11. The second-order valence-electron chi connectivity index (χ2n) is 6.51. The van der Waals surface area contributed by atoms with Crippen molar-refractivity contribution in [3.05, 3.63) is 18.0 Å². The van der Waals surface area contributed by atoms with Crippen LogP contribution in [0.3, 0.4) is 0 Å². The maximum absolute atomic E-state index is 5.53. The summed E-state index contributed by atoms with van der Waals surface area (Å²) in [5.74, 6) is 0.904. The van der Waals surface area contributed by atoms with Crippen LogP contribution in [0.4, 0.5) is 0 Å². The van der Waals surface area contributed by atoms with Gasteiger partial charge < -0.3 is 19.9 Å². The highest BCUT2D eigenvalue weighted by Gasteiger charge is 2.35. The number of hydrogen-bond acceptors (Lipinski definition) is 4. The molecule has 1 saturated heterocycles. The number of hydrogen-bond donors (Lipinski definition) is 1. The smallest absolute Gasteiger partial charge is 0.193 e. The third-order valence-corrected chi connectivity index (χ3v) is 4.70. The lowest BCUT2D eigenvalue weighted by Gasteiger charge is -2.43. The zero-order valence-corrected chi connectivity index (χ0v) is 15.0. The molecule has 1 N–H and O–H groups in total.